The Kier molecular flexibility index (Phi) is 4.72. The Balaban J connectivity index is 1.98. The first-order valence-corrected chi connectivity index (χ1v) is 6.63. The molecule has 0 fully saturated rings. The van der Waals surface area contributed by atoms with E-state index < -0.39 is 0 Å². The lowest BCUT2D eigenvalue weighted by molar-refractivity contribution is -0.120. The molecule has 2 aromatic carbocycles. The Hall–Kier alpha value is -2.62. The summed E-state index contributed by atoms with van der Waals surface area (Å²) in [5.41, 5.74) is 1.37. The van der Waals surface area contributed by atoms with Crippen LogP contribution in [0.25, 0.3) is 0 Å². The zero-order chi connectivity index (χ0) is 15.2. The number of carbonyl (C=O) groups is 2. The lowest BCUT2D eigenvalue weighted by Gasteiger charge is -2.17. The molecule has 0 aliphatic heterocycles. The lowest BCUT2D eigenvalue weighted by Crippen LogP contribution is -2.31. The van der Waals surface area contributed by atoms with Crippen LogP contribution in [0.3, 0.4) is 0 Å². The van der Waals surface area contributed by atoms with Crippen molar-refractivity contribution < 1.29 is 14.3 Å². The highest BCUT2D eigenvalue weighted by Gasteiger charge is 2.11. The molecule has 0 atom stereocenters. The monoisotopic (exact) mass is 283 g/mol. The van der Waals surface area contributed by atoms with Gasteiger partial charge in [0, 0.05) is 18.3 Å². The molecular formula is C17H17NO3. The van der Waals surface area contributed by atoms with Gasteiger partial charge in [0.1, 0.15) is 5.75 Å². The number of anilines is 1. The highest BCUT2D eigenvalue weighted by atomic mass is 16.5. The van der Waals surface area contributed by atoms with E-state index in [4.69, 9.17) is 4.74 Å². The van der Waals surface area contributed by atoms with Gasteiger partial charge >= 0.3 is 0 Å². The largest absolute Gasteiger partial charge is 0.484 e. The van der Waals surface area contributed by atoms with Crippen molar-refractivity contribution in [3.63, 3.8) is 0 Å². The van der Waals surface area contributed by atoms with Crippen molar-refractivity contribution in [1.82, 2.24) is 0 Å². The Morgan fingerprint density at radius 1 is 1.05 bits per heavy atom. The van der Waals surface area contributed by atoms with E-state index in [2.05, 4.69) is 0 Å². The molecule has 0 aromatic heterocycles. The number of benzene rings is 2. The second-order valence-electron chi connectivity index (χ2n) is 4.66. The molecule has 0 saturated heterocycles. The molecule has 108 valence electrons. The van der Waals surface area contributed by atoms with Crippen molar-refractivity contribution in [2.75, 3.05) is 18.6 Å². The fourth-order valence-corrected chi connectivity index (χ4v) is 1.84. The van der Waals surface area contributed by atoms with Crippen LogP contribution >= 0.6 is 0 Å². The molecule has 4 nitrogen and oxygen atoms in total. The summed E-state index contributed by atoms with van der Waals surface area (Å²) in [6.45, 7) is 1.42. The van der Waals surface area contributed by atoms with Crippen molar-refractivity contribution in [1.29, 1.82) is 0 Å². The van der Waals surface area contributed by atoms with E-state index in [0.717, 1.165) is 5.69 Å². The summed E-state index contributed by atoms with van der Waals surface area (Å²) in [4.78, 5) is 24.9. The van der Waals surface area contributed by atoms with E-state index >= 15 is 0 Å². The fourth-order valence-electron chi connectivity index (χ4n) is 1.84. The number of nitrogens with zero attached hydrogens (tertiary/aromatic N) is 1. The van der Waals surface area contributed by atoms with Crippen LogP contribution in [0.5, 0.6) is 5.75 Å². The van der Waals surface area contributed by atoms with E-state index in [9.17, 15) is 9.59 Å². The maximum absolute atomic E-state index is 12.1. The third-order valence-corrected chi connectivity index (χ3v) is 3.12. The number of carbonyl (C=O) groups excluding carboxylic acids is 2. The molecule has 0 N–H and O–H groups in total. The third kappa shape index (κ3) is 3.92. The van der Waals surface area contributed by atoms with Crippen LogP contribution in [-0.2, 0) is 4.79 Å². The van der Waals surface area contributed by atoms with Crippen molar-refractivity contribution in [3.05, 3.63) is 60.2 Å². The summed E-state index contributed by atoms with van der Waals surface area (Å²) in [6, 6.07) is 16.2. The van der Waals surface area contributed by atoms with E-state index in [0.29, 0.717) is 11.3 Å². The molecule has 0 aliphatic rings. The molecule has 0 saturated carbocycles. The molecule has 0 spiro atoms. The SMILES string of the molecule is CC(=O)c1cccc(OCC(=O)N(C)c2ccccc2)c1. The molecular weight excluding hydrogens is 266 g/mol. The predicted octanol–water partition coefficient (Wildman–Crippen LogP) is 2.93. The molecule has 4 heteroatoms. The number of ether oxygens (including phenoxy) is 1. The maximum Gasteiger partial charge on any atom is 0.264 e. The number of rotatable bonds is 5. The summed E-state index contributed by atoms with van der Waals surface area (Å²) < 4.78 is 5.46. The van der Waals surface area contributed by atoms with E-state index in [1.54, 1.807) is 31.3 Å². The molecule has 0 heterocycles. The molecule has 2 aromatic rings. The van der Waals surface area contributed by atoms with Gasteiger partial charge < -0.3 is 9.64 Å². The summed E-state index contributed by atoms with van der Waals surface area (Å²) in [7, 11) is 1.70. The normalized spacial score (nSPS) is 10.0. The topological polar surface area (TPSA) is 46.6 Å². The minimum atomic E-state index is -0.158. The number of hydrogen-bond acceptors (Lipinski definition) is 3. The van der Waals surface area contributed by atoms with Crippen LogP contribution in [0, 0.1) is 0 Å². The first-order valence-electron chi connectivity index (χ1n) is 6.63. The number of ketones is 1. The summed E-state index contributed by atoms with van der Waals surface area (Å²) in [5.74, 6) is 0.320. The molecule has 0 radical (unpaired) electrons. The smallest absolute Gasteiger partial charge is 0.264 e. The molecule has 1 amide bonds. The van der Waals surface area contributed by atoms with E-state index in [-0.39, 0.29) is 18.3 Å². The zero-order valence-electron chi connectivity index (χ0n) is 12.1. The van der Waals surface area contributed by atoms with Crippen LogP contribution in [0.1, 0.15) is 17.3 Å². The standard InChI is InChI=1S/C17H17NO3/c1-13(19)14-7-6-10-16(11-14)21-12-17(20)18(2)15-8-4-3-5-9-15/h3-11H,12H2,1-2H3. The van der Waals surface area contributed by atoms with Crippen LogP contribution in [0.15, 0.2) is 54.6 Å². The highest BCUT2D eigenvalue weighted by Crippen LogP contribution is 2.15. The third-order valence-electron chi connectivity index (χ3n) is 3.12. The van der Waals surface area contributed by atoms with Crippen LogP contribution in [0.4, 0.5) is 5.69 Å². The quantitative estimate of drug-likeness (QED) is 0.793. The second-order valence-corrected chi connectivity index (χ2v) is 4.66. The fraction of sp³-hybridized carbons (Fsp3) is 0.176. The average molecular weight is 283 g/mol. The van der Waals surface area contributed by atoms with Gasteiger partial charge in [-0.15, -0.1) is 0 Å². The van der Waals surface area contributed by atoms with Gasteiger partial charge in [0.2, 0.25) is 0 Å². The molecule has 21 heavy (non-hydrogen) atoms. The summed E-state index contributed by atoms with van der Waals surface area (Å²) in [5, 5.41) is 0. The van der Waals surface area contributed by atoms with Crippen LogP contribution in [0.2, 0.25) is 0 Å². The Labute approximate surface area is 124 Å². The maximum atomic E-state index is 12.1. The van der Waals surface area contributed by atoms with Crippen molar-refractivity contribution in [2.45, 2.75) is 6.92 Å². The molecule has 0 bridgehead atoms. The number of para-hydroxylation sites is 1. The first kappa shape index (κ1) is 14.8. The molecule has 0 unspecified atom stereocenters. The van der Waals surface area contributed by atoms with Crippen molar-refractivity contribution in [3.8, 4) is 5.75 Å². The molecule has 0 aliphatic carbocycles. The first-order chi connectivity index (χ1) is 10.1. The lowest BCUT2D eigenvalue weighted by atomic mass is 10.1. The van der Waals surface area contributed by atoms with Gasteiger partial charge in [0.25, 0.3) is 5.91 Å². The van der Waals surface area contributed by atoms with Crippen LogP contribution in [-0.4, -0.2) is 25.3 Å². The average Bonchev–Trinajstić information content (AvgIpc) is 2.53. The number of Topliss-reactive ketones (excluding diaryl/α,β-unsaturated/α-hetero) is 1. The van der Waals surface area contributed by atoms with Gasteiger partial charge in [0.15, 0.2) is 12.4 Å². The number of hydrogen-bond donors (Lipinski definition) is 0. The molecule has 2 rings (SSSR count). The summed E-state index contributed by atoms with van der Waals surface area (Å²) in [6.07, 6.45) is 0. The minimum absolute atomic E-state index is 0.0341. The van der Waals surface area contributed by atoms with Gasteiger partial charge in [-0.2, -0.15) is 0 Å². The zero-order valence-corrected chi connectivity index (χ0v) is 12.1. The van der Waals surface area contributed by atoms with Crippen molar-refractivity contribution >= 4 is 17.4 Å². The van der Waals surface area contributed by atoms with E-state index in [1.165, 1.54) is 11.8 Å². The minimum Gasteiger partial charge on any atom is -0.484 e. The number of amides is 1. The van der Waals surface area contributed by atoms with Gasteiger partial charge in [-0.3, -0.25) is 9.59 Å². The summed E-state index contributed by atoms with van der Waals surface area (Å²) >= 11 is 0. The Morgan fingerprint density at radius 2 is 1.76 bits per heavy atom. The highest BCUT2D eigenvalue weighted by molar-refractivity contribution is 5.95. The van der Waals surface area contributed by atoms with Gasteiger partial charge in [-0.25, -0.2) is 0 Å². The van der Waals surface area contributed by atoms with Gasteiger partial charge in [-0.1, -0.05) is 30.3 Å². The van der Waals surface area contributed by atoms with Crippen molar-refractivity contribution in [2.24, 2.45) is 0 Å². The van der Waals surface area contributed by atoms with Gasteiger partial charge in [0.05, 0.1) is 0 Å². The number of likely N-dealkylation sites (N-methyl/N-ethyl adjacent to an activating group) is 1. The second kappa shape index (κ2) is 6.70. The van der Waals surface area contributed by atoms with Crippen LogP contribution < -0.4 is 9.64 Å². The Bertz CT molecular complexity index is 637. The Morgan fingerprint density at radius 3 is 2.43 bits per heavy atom. The van der Waals surface area contributed by atoms with E-state index in [1.807, 2.05) is 30.3 Å². The van der Waals surface area contributed by atoms with Gasteiger partial charge in [-0.05, 0) is 31.2 Å². The predicted molar refractivity (Wildman–Crippen MR) is 81.8 cm³/mol.